The number of benzene rings is 1. The number of halogens is 4. The molecular weight excluding hydrogens is 361 g/mol. The van der Waals surface area contributed by atoms with Crippen LogP contribution in [0, 0.1) is 11.8 Å². The molecule has 1 aromatic carbocycles. The van der Waals surface area contributed by atoms with Crippen molar-refractivity contribution >= 4 is 24.3 Å². The van der Waals surface area contributed by atoms with Crippen molar-refractivity contribution in [1.29, 1.82) is 0 Å². The summed E-state index contributed by atoms with van der Waals surface area (Å²) in [6.45, 7) is 0.973. The van der Waals surface area contributed by atoms with E-state index in [9.17, 15) is 22.8 Å². The molecule has 140 valence electrons. The van der Waals surface area contributed by atoms with Crippen molar-refractivity contribution in [2.24, 2.45) is 11.8 Å². The van der Waals surface area contributed by atoms with E-state index in [1.165, 1.54) is 11.8 Å². The van der Waals surface area contributed by atoms with E-state index in [4.69, 9.17) is 5.11 Å². The molecule has 1 aliphatic rings. The first-order valence-electron chi connectivity index (χ1n) is 7.55. The minimum absolute atomic E-state index is 0. The number of carbonyl (C=O) groups is 2. The van der Waals surface area contributed by atoms with Crippen LogP contribution in [-0.2, 0) is 16.1 Å². The maximum atomic E-state index is 13.0. The van der Waals surface area contributed by atoms with Gasteiger partial charge in [-0.05, 0) is 12.5 Å². The third-order valence-corrected chi connectivity index (χ3v) is 4.32. The molecule has 1 fully saturated rings. The molecule has 25 heavy (non-hydrogen) atoms. The Balaban J connectivity index is 0.00000312. The number of alkyl halides is 3. The Morgan fingerprint density at radius 2 is 1.88 bits per heavy atom. The van der Waals surface area contributed by atoms with Gasteiger partial charge in [0.25, 0.3) is 0 Å². The summed E-state index contributed by atoms with van der Waals surface area (Å²) in [5, 5.41) is 11.7. The number of likely N-dealkylation sites (tertiary alicyclic amines) is 1. The molecule has 1 unspecified atom stereocenters. The van der Waals surface area contributed by atoms with Gasteiger partial charge in [0, 0.05) is 19.6 Å². The van der Waals surface area contributed by atoms with Gasteiger partial charge >= 0.3 is 12.1 Å². The van der Waals surface area contributed by atoms with E-state index in [0.29, 0.717) is 0 Å². The van der Waals surface area contributed by atoms with Crippen LogP contribution < -0.4 is 5.32 Å². The molecule has 0 aromatic heterocycles. The number of hydrogen-bond acceptors (Lipinski definition) is 3. The topological polar surface area (TPSA) is 69.6 Å². The predicted octanol–water partition coefficient (Wildman–Crippen LogP) is 2.31. The van der Waals surface area contributed by atoms with E-state index >= 15 is 0 Å². The van der Waals surface area contributed by atoms with Gasteiger partial charge in [-0.25, -0.2) is 0 Å². The number of nitrogens with zero attached hydrogens (tertiary/aromatic N) is 1. The molecule has 1 amide bonds. The molecule has 1 heterocycles. The van der Waals surface area contributed by atoms with Crippen molar-refractivity contribution in [2.45, 2.75) is 25.7 Å². The molecule has 0 aliphatic carbocycles. The van der Waals surface area contributed by atoms with E-state index in [-0.39, 0.29) is 25.5 Å². The second-order valence-electron chi connectivity index (χ2n) is 5.93. The first kappa shape index (κ1) is 21.2. The summed E-state index contributed by atoms with van der Waals surface area (Å²) in [6.07, 6.45) is -4.60. The third kappa shape index (κ3) is 5.34. The summed E-state index contributed by atoms with van der Waals surface area (Å²) in [5.41, 5.74) is 0.871. The summed E-state index contributed by atoms with van der Waals surface area (Å²) >= 11 is 0. The third-order valence-electron chi connectivity index (χ3n) is 4.32. The van der Waals surface area contributed by atoms with Gasteiger partial charge in [0.05, 0.1) is 17.9 Å². The highest BCUT2D eigenvalue weighted by Crippen LogP contribution is 2.38. The first-order valence-corrected chi connectivity index (χ1v) is 7.55. The Bertz CT molecular complexity index is 598. The fraction of sp³-hybridized carbons (Fsp3) is 0.500. The summed E-state index contributed by atoms with van der Waals surface area (Å²) in [4.78, 5) is 24.5. The van der Waals surface area contributed by atoms with Crippen molar-refractivity contribution in [3.05, 3.63) is 35.9 Å². The molecule has 1 aliphatic heterocycles. The van der Waals surface area contributed by atoms with E-state index in [2.05, 4.69) is 5.32 Å². The van der Waals surface area contributed by atoms with E-state index < -0.39 is 42.5 Å². The standard InChI is InChI=1S/C16H19F3N2O3.ClH/c1-10(14(22)20-7-11-5-3-2-4-6-11)21-8-12(15(23)24)13(9-21)16(17,18)19;/h2-6,10,12-13H,7-9H2,1H3,(H,20,22)(H,23,24);1H/t10?,12-,13-;/m1./s1. The smallest absolute Gasteiger partial charge is 0.393 e. The molecule has 0 radical (unpaired) electrons. The largest absolute Gasteiger partial charge is 0.481 e. The number of amides is 1. The monoisotopic (exact) mass is 380 g/mol. The van der Waals surface area contributed by atoms with Gasteiger partial charge in [0.1, 0.15) is 0 Å². The van der Waals surface area contributed by atoms with Crippen LogP contribution in [0.2, 0.25) is 0 Å². The Kier molecular flexibility index (Phi) is 7.25. The summed E-state index contributed by atoms with van der Waals surface area (Å²) in [6, 6.07) is 8.28. The second-order valence-corrected chi connectivity index (χ2v) is 5.93. The Hall–Kier alpha value is -1.80. The lowest BCUT2D eigenvalue weighted by molar-refractivity contribution is -0.188. The van der Waals surface area contributed by atoms with Crippen LogP contribution in [0.5, 0.6) is 0 Å². The average Bonchev–Trinajstić information content (AvgIpc) is 2.98. The second kappa shape index (κ2) is 8.53. The van der Waals surface area contributed by atoms with Crippen LogP contribution in [0.1, 0.15) is 12.5 Å². The minimum Gasteiger partial charge on any atom is -0.481 e. The van der Waals surface area contributed by atoms with Crippen molar-refractivity contribution in [2.75, 3.05) is 13.1 Å². The highest BCUT2D eigenvalue weighted by Gasteiger charge is 2.53. The predicted molar refractivity (Wildman–Crippen MR) is 87.2 cm³/mol. The van der Waals surface area contributed by atoms with E-state index in [0.717, 1.165) is 5.56 Å². The fourth-order valence-electron chi connectivity index (χ4n) is 2.83. The molecule has 1 saturated heterocycles. The van der Waals surface area contributed by atoms with Gasteiger partial charge in [0.2, 0.25) is 5.91 Å². The van der Waals surface area contributed by atoms with Crippen molar-refractivity contribution in [3.63, 3.8) is 0 Å². The number of aliphatic carboxylic acids is 1. The molecule has 1 aromatic rings. The zero-order chi connectivity index (χ0) is 17.9. The van der Waals surface area contributed by atoms with Gasteiger partial charge < -0.3 is 10.4 Å². The zero-order valence-corrected chi connectivity index (χ0v) is 14.3. The van der Waals surface area contributed by atoms with Crippen LogP contribution in [0.3, 0.4) is 0 Å². The van der Waals surface area contributed by atoms with Crippen molar-refractivity contribution in [3.8, 4) is 0 Å². The molecule has 0 spiro atoms. The lowest BCUT2D eigenvalue weighted by atomic mass is 9.96. The van der Waals surface area contributed by atoms with Gasteiger partial charge in [-0.3, -0.25) is 14.5 Å². The lowest BCUT2D eigenvalue weighted by Gasteiger charge is -2.23. The maximum absolute atomic E-state index is 13.0. The molecule has 2 rings (SSSR count). The summed E-state index contributed by atoms with van der Waals surface area (Å²) in [7, 11) is 0. The molecule has 0 bridgehead atoms. The Morgan fingerprint density at radius 3 is 2.36 bits per heavy atom. The van der Waals surface area contributed by atoms with Crippen LogP contribution in [-0.4, -0.2) is 47.2 Å². The first-order chi connectivity index (χ1) is 11.2. The summed E-state index contributed by atoms with van der Waals surface area (Å²) in [5.74, 6) is -5.42. The number of carboxylic acid groups (broad SMARTS) is 1. The molecular formula is C16H20ClF3N2O3. The minimum atomic E-state index is -4.60. The number of rotatable bonds is 5. The number of nitrogens with one attached hydrogen (secondary N) is 1. The summed E-state index contributed by atoms with van der Waals surface area (Å²) < 4.78 is 39.0. The van der Waals surface area contributed by atoms with Crippen LogP contribution in [0.4, 0.5) is 13.2 Å². The highest BCUT2D eigenvalue weighted by molar-refractivity contribution is 5.85. The van der Waals surface area contributed by atoms with E-state index in [1.54, 1.807) is 0 Å². The number of carboxylic acids is 1. The quantitative estimate of drug-likeness (QED) is 0.822. The van der Waals surface area contributed by atoms with Crippen LogP contribution >= 0.6 is 12.4 Å². The van der Waals surface area contributed by atoms with Crippen LogP contribution in [0.25, 0.3) is 0 Å². The maximum Gasteiger partial charge on any atom is 0.393 e. The SMILES string of the molecule is CC(C(=O)NCc1ccccc1)N1C[C@@H](C(F)(F)F)[C@H](C(=O)O)C1.Cl. The van der Waals surface area contributed by atoms with E-state index in [1.807, 2.05) is 30.3 Å². The lowest BCUT2D eigenvalue weighted by Crippen LogP contribution is -2.44. The van der Waals surface area contributed by atoms with Crippen molar-refractivity contribution < 1.29 is 27.9 Å². The van der Waals surface area contributed by atoms with Gasteiger partial charge in [-0.2, -0.15) is 13.2 Å². The van der Waals surface area contributed by atoms with Gasteiger partial charge in [-0.15, -0.1) is 12.4 Å². The molecule has 9 heteroatoms. The Labute approximate surface area is 149 Å². The van der Waals surface area contributed by atoms with Gasteiger partial charge in [-0.1, -0.05) is 30.3 Å². The Morgan fingerprint density at radius 1 is 1.28 bits per heavy atom. The van der Waals surface area contributed by atoms with Gasteiger partial charge in [0.15, 0.2) is 0 Å². The zero-order valence-electron chi connectivity index (χ0n) is 13.5. The fourth-order valence-corrected chi connectivity index (χ4v) is 2.83. The molecule has 3 atom stereocenters. The van der Waals surface area contributed by atoms with Crippen molar-refractivity contribution in [1.82, 2.24) is 10.2 Å². The van der Waals surface area contributed by atoms with Crippen LogP contribution in [0.15, 0.2) is 30.3 Å². The molecule has 2 N–H and O–H groups in total. The highest BCUT2D eigenvalue weighted by atomic mass is 35.5. The molecule has 0 saturated carbocycles. The molecule has 5 nitrogen and oxygen atoms in total. The number of hydrogen-bond donors (Lipinski definition) is 2. The normalized spacial score (nSPS) is 22.1. The average molecular weight is 381 g/mol. The number of carbonyl (C=O) groups excluding carboxylic acids is 1.